The number of sulfonamides is 1. The summed E-state index contributed by atoms with van der Waals surface area (Å²) in [5.74, 6) is -0.239. The van der Waals surface area contributed by atoms with E-state index in [-0.39, 0.29) is 29.3 Å². The van der Waals surface area contributed by atoms with Gasteiger partial charge in [-0.1, -0.05) is 39.8 Å². The van der Waals surface area contributed by atoms with E-state index in [0.29, 0.717) is 0 Å². The highest BCUT2D eigenvalue weighted by molar-refractivity contribution is 7.89. The molecule has 0 unspecified atom stereocenters. The highest BCUT2D eigenvalue weighted by atomic mass is 32.2. The molecule has 0 fully saturated rings. The second kappa shape index (κ2) is 6.79. The third kappa shape index (κ3) is 4.30. The van der Waals surface area contributed by atoms with Crippen molar-refractivity contribution in [3.63, 3.8) is 0 Å². The van der Waals surface area contributed by atoms with Crippen LogP contribution in [-0.2, 0) is 20.2 Å². The molecule has 0 aliphatic rings. The van der Waals surface area contributed by atoms with E-state index in [4.69, 9.17) is 0 Å². The number of carbonyl (C=O) groups excluding carboxylic acids is 1. The van der Waals surface area contributed by atoms with Gasteiger partial charge in [-0.05, 0) is 23.1 Å². The Morgan fingerprint density at radius 3 is 1.95 bits per heavy atom. The van der Waals surface area contributed by atoms with E-state index in [1.54, 1.807) is 33.2 Å². The van der Waals surface area contributed by atoms with E-state index in [2.05, 4.69) is 20.8 Å². The Hall–Kier alpha value is -1.40. The van der Waals surface area contributed by atoms with Gasteiger partial charge in [0.05, 0.1) is 11.4 Å². The van der Waals surface area contributed by atoms with Gasteiger partial charge in [0.15, 0.2) is 0 Å². The van der Waals surface area contributed by atoms with Crippen molar-refractivity contribution in [2.24, 2.45) is 0 Å². The fourth-order valence-corrected chi connectivity index (χ4v) is 3.33. The second-order valence-corrected chi connectivity index (χ2v) is 8.43. The number of likely N-dealkylation sites (N-methyl/N-ethyl adjacent to an activating group) is 2. The molecular formula is C16H26N2O3S. The van der Waals surface area contributed by atoms with Crippen LogP contribution < -0.4 is 0 Å². The Kier molecular flexibility index (Phi) is 5.76. The molecule has 0 spiro atoms. The van der Waals surface area contributed by atoms with Gasteiger partial charge in [-0.25, -0.2) is 8.42 Å². The minimum Gasteiger partial charge on any atom is -0.348 e. The summed E-state index contributed by atoms with van der Waals surface area (Å²) in [5.41, 5.74) is 1.03. The van der Waals surface area contributed by atoms with Gasteiger partial charge in [-0.2, -0.15) is 4.31 Å². The zero-order valence-electron chi connectivity index (χ0n) is 14.3. The first kappa shape index (κ1) is 18.6. The molecule has 1 amide bonds. The van der Waals surface area contributed by atoms with Crippen LogP contribution in [0, 0.1) is 0 Å². The number of nitrogens with zero attached hydrogens (tertiary/aromatic N) is 2. The molecule has 1 aromatic rings. The topological polar surface area (TPSA) is 57.7 Å². The van der Waals surface area contributed by atoms with Crippen LogP contribution >= 0.6 is 0 Å². The van der Waals surface area contributed by atoms with Crippen LogP contribution in [0.2, 0.25) is 0 Å². The summed E-state index contributed by atoms with van der Waals surface area (Å²) in [4.78, 5) is 13.4. The van der Waals surface area contributed by atoms with Gasteiger partial charge in [0.1, 0.15) is 0 Å². The van der Waals surface area contributed by atoms with Gasteiger partial charge in [0.25, 0.3) is 0 Å². The summed E-state index contributed by atoms with van der Waals surface area (Å²) >= 11 is 0. The normalized spacial score (nSPS) is 12.5. The van der Waals surface area contributed by atoms with E-state index in [9.17, 15) is 13.2 Å². The maximum atomic E-state index is 12.6. The van der Waals surface area contributed by atoms with Crippen LogP contribution in [0.25, 0.3) is 0 Å². The molecule has 5 nitrogen and oxygen atoms in total. The van der Waals surface area contributed by atoms with Crippen molar-refractivity contribution in [1.29, 1.82) is 0 Å². The van der Waals surface area contributed by atoms with E-state index < -0.39 is 10.0 Å². The lowest BCUT2D eigenvalue weighted by molar-refractivity contribution is -0.128. The smallest absolute Gasteiger partial charge is 0.243 e. The maximum absolute atomic E-state index is 12.6. The van der Waals surface area contributed by atoms with Crippen LogP contribution in [0.5, 0.6) is 0 Å². The Bertz CT molecular complexity index is 614. The average Bonchev–Trinajstić information content (AvgIpc) is 2.43. The van der Waals surface area contributed by atoms with Gasteiger partial charge < -0.3 is 4.90 Å². The standard InChI is InChI=1S/C16H26N2O3S/c1-7-18(12-15(19)17(5)6)22(20,21)14-10-8-13(9-11-14)16(2,3)4/h8-11H,7,12H2,1-6H3. The first-order valence-corrected chi connectivity index (χ1v) is 8.75. The van der Waals surface area contributed by atoms with Crippen molar-refractivity contribution in [2.75, 3.05) is 27.2 Å². The third-order valence-electron chi connectivity index (χ3n) is 3.52. The molecule has 0 atom stereocenters. The minimum absolute atomic E-state index is 0.0341. The first-order valence-electron chi connectivity index (χ1n) is 7.31. The van der Waals surface area contributed by atoms with Crippen molar-refractivity contribution in [2.45, 2.75) is 38.0 Å². The summed E-state index contributed by atoms with van der Waals surface area (Å²) in [6.07, 6.45) is 0. The lowest BCUT2D eigenvalue weighted by atomic mass is 9.87. The van der Waals surface area contributed by atoms with Gasteiger partial charge in [-0.15, -0.1) is 0 Å². The molecule has 1 rings (SSSR count). The number of benzene rings is 1. The Balaban J connectivity index is 3.08. The largest absolute Gasteiger partial charge is 0.348 e. The average molecular weight is 326 g/mol. The van der Waals surface area contributed by atoms with Crippen molar-refractivity contribution in [1.82, 2.24) is 9.21 Å². The highest BCUT2D eigenvalue weighted by Gasteiger charge is 2.26. The molecule has 0 aliphatic heterocycles. The summed E-state index contributed by atoms with van der Waals surface area (Å²) in [6.45, 7) is 8.06. The maximum Gasteiger partial charge on any atom is 0.243 e. The molecule has 6 heteroatoms. The molecule has 124 valence electrons. The molecule has 22 heavy (non-hydrogen) atoms. The zero-order valence-corrected chi connectivity index (χ0v) is 15.1. The lowest BCUT2D eigenvalue weighted by Gasteiger charge is -2.23. The predicted molar refractivity (Wildman–Crippen MR) is 88.3 cm³/mol. The van der Waals surface area contributed by atoms with E-state index in [0.717, 1.165) is 5.56 Å². The quantitative estimate of drug-likeness (QED) is 0.832. The molecule has 0 radical (unpaired) electrons. The minimum atomic E-state index is -3.66. The monoisotopic (exact) mass is 326 g/mol. The molecule has 0 N–H and O–H groups in total. The van der Waals surface area contributed by atoms with E-state index in [1.165, 1.54) is 9.21 Å². The summed E-state index contributed by atoms with van der Waals surface area (Å²) < 4.78 is 26.5. The number of rotatable bonds is 5. The summed E-state index contributed by atoms with van der Waals surface area (Å²) in [6, 6.07) is 6.88. The Morgan fingerprint density at radius 2 is 1.59 bits per heavy atom. The number of hydrogen-bond acceptors (Lipinski definition) is 3. The van der Waals surface area contributed by atoms with E-state index >= 15 is 0 Å². The number of hydrogen-bond donors (Lipinski definition) is 0. The van der Waals surface area contributed by atoms with Crippen molar-refractivity contribution in [3.05, 3.63) is 29.8 Å². The third-order valence-corrected chi connectivity index (χ3v) is 5.46. The fourth-order valence-electron chi connectivity index (χ4n) is 1.94. The fraction of sp³-hybridized carbons (Fsp3) is 0.562. The van der Waals surface area contributed by atoms with Gasteiger partial charge in [0, 0.05) is 20.6 Å². The van der Waals surface area contributed by atoms with Crippen LogP contribution in [0.1, 0.15) is 33.3 Å². The lowest BCUT2D eigenvalue weighted by Crippen LogP contribution is -2.40. The van der Waals surface area contributed by atoms with Crippen LogP contribution in [0.15, 0.2) is 29.2 Å². The summed E-state index contributed by atoms with van der Waals surface area (Å²) in [7, 11) is -0.432. The van der Waals surface area contributed by atoms with Crippen molar-refractivity contribution < 1.29 is 13.2 Å². The molecule has 0 bridgehead atoms. The SMILES string of the molecule is CCN(CC(=O)N(C)C)S(=O)(=O)c1ccc(C(C)(C)C)cc1. The number of amides is 1. The number of carbonyl (C=O) groups is 1. The molecule has 0 saturated heterocycles. The molecular weight excluding hydrogens is 300 g/mol. The van der Waals surface area contributed by atoms with Gasteiger partial charge in [0.2, 0.25) is 15.9 Å². The predicted octanol–water partition coefficient (Wildman–Crippen LogP) is 2.08. The van der Waals surface area contributed by atoms with Crippen molar-refractivity contribution >= 4 is 15.9 Å². The molecule has 0 saturated carbocycles. The molecule has 0 aliphatic carbocycles. The molecule has 0 heterocycles. The Morgan fingerprint density at radius 1 is 1.09 bits per heavy atom. The highest BCUT2D eigenvalue weighted by Crippen LogP contribution is 2.24. The van der Waals surface area contributed by atoms with Gasteiger partial charge >= 0.3 is 0 Å². The van der Waals surface area contributed by atoms with E-state index in [1.807, 2.05) is 12.1 Å². The zero-order chi connectivity index (χ0) is 17.1. The van der Waals surface area contributed by atoms with Gasteiger partial charge in [-0.3, -0.25) is 4.79 Å². The molecule has 0 aromatic heterocycles. The van der Waals surface area contributed by atoms with Crippen LogP contribution in [0.4, 0.5) is 0 Å². The summed E-state index contributed by atoms with van der Waals surface area (Å²) in [5, 5.41) is 0. The Labute approximate surface area is 134 Å². The van der Waals surface area contributed by atoms with Crippen molar-refractivity contribution in [3.8, 4) is 0 Å². The first-order chi connectivity index (χ1) is 10.00. The van der Waals surface area contributed by atoms with Crippen LogP contribution in [0.3, 0.4) is 0 Å². The molecule has 1 aromatic carbocycles. The van der Waals surface area contributed by atoms with Crippen LogP contribution in [-0.4, -0.2) is 50.7 Å². The second-order valence-electron chi connectivity index (χ2n) is 6.49.